The first-order valence-corrected chi connectivity index (χ1v) is 7.82. The third kappa shape index (κ3) is 5.22. The average molecular weight is 391 g/mol. The standard InChI is InChI=1S/C15H24F2O7.ClH/c1-4-5-10(19)23-6-9(18)11(20)12-7(2)8(3)13(16)15(17,24-12)14(21)22;/h7-9,11-13,18,20H,4-6H2,1-3H3,(H,21,22);1H/t7?,8?,9-,11-,12?,13?,15?;/m1./s1. The van der Waals surface area contributed by atoms with E-state index in [0.717, 1.165) is 0 Å². The summed E-state index contributed by atoms with van der Waals surface area (Å²) in [6, 6.07) is 0. The molecule has 3 N–H and O–H groups in total. The fourth-order valence-corrected chi connectivity index (χ4v) is 2.60. The van der Waals surface area contributed by atoms with Gasteiger partial charge in [0.25, 0.3) is 0 Å². The maximum Gasteiger partial charge on any atom is 0.372 e. The van der Waals surface area contributed by atoms with E-state index < -0.39 is 60.7 Å². The van der Waals surface area contributed by atoms with Crippen molar-refractivity contribution in [3.63, 3.8) is 0 Å². The van der Waals surface area contributed by atoms with Crippen LogP contribution in [0.5, 0.6) is 0 Å². The molecular formula is C15H25ClF2O7. The van der Waals surface area contributed by atoms with E-state index in [1.54, 1.807) is 6.92 Å². The van der Waals surface area contributed by atoms with Gasteiger partial charge in [0.2, 0.25) is 0 Å². The van der Waals surface area contributed by atoms with Crippen LogP contribution in [-0.2, 0) is 19.1 Å². The van der Waals surface area contributed by atoms with Gasteiger partial charge in [-0.2, -0.15) is 4.39 Å². The second-order valence-electron chi connectivity index (χ2n) is 6.14. The lowest BCUT2D eigenvalue weighted by molar-refractivity contribution is -0.291. The molecule has 7 atom stereocenters. The van der Waals surface area contributed by atoms with Crippen LogP contribution < -0.4 is 0 Å². The van der Waals surface area contributed by atoms with Crippen LogP contribution in [-0.4, -0.2) is 64.2 Å². The number of carboxylic acid groups (broad SMARTS) is 1. The summed E-state index contributed by atoms with van der Waals surface area (Å²) >= 11 is 0. The van der Waals surface area contributed by atoms with Crippen LogP contribution in [0.4, 0.5) is 8.78 Å². The van der Waals surface area contributed by atoms with Crippen LogP contribution in [0.15, 0.2) is 0 Å². The first kappa shape index (κ1) is 24.0. The molecule has 1 saturated heterocycles. The maximum atomic E-state index is 14.3. The van der Waals surface area contributed by atoms with Crippen LogP contribution in [0.25, 0.3) is 0 Å². The van der Waals surface area contributed by atoms with Gasteiger partial charge in [0.05, 0.1) is 6.10 Å². The smallest absolute Gasteiger partial charge is 0.372 e. The van der Waals surface area contributed by atoms with Gasteiger partial charge >= 0.3 is 17.8 Å². The van der Waals surface area contributed by atoms with Crippen LogP contribution in [0.2, 0.25) is 0 Å². The predicted molar refractivity (Wildman–Crippen MR) is 84.7 cm³/mol. The van der Waals surface area contributed by atoms with Crippen molar-refractivity contribution < 1.29 is 43.2 Å². The number of alkyl halides is 2. The minimum absolute atomic E-state index is 0. The van der Waals surface area contributed by atoms with Crippen molar-refractivity contribution in [2.24, 2.45) is 11.8 Å². The Morgan fingerprint density at radius 2 is 1.84 bits per heavy atom. The van der Waals surface area contributed by atoms with Crippen LogP contribution in [0.3, 0.4) is 0 Å². The van der Waals surface area contributed by atoms with E-state index >= 15 is 0 Å². The molecule has 0 aromatic carbocycles. The number of aliphatic hydroxyl groups excluding tert-OH is 2. The number of halogens is 3. The molecule has 25 heavy (non-hydrogen) atoms. The molecule has 0 aromatic rings. The van der Waals surface area contributed by atoms with Crippen LogP contribution in [0, 0.1) is 11.8 Å². The van der Waals surface area contributed by atoms with Crippen LogP contribution in [0.1, 0.15) is 33.6 Å². The van der Waals surface area contributed by atoms with Gasteiger partial charge in [-0.05, 0) is 18.3 Å². The number of aliphatic carboxylic acids is 1. The summed E-state index contributed by atoms with van der Waals surface area (Å²) in [6.07, 6.45) is -6.61. The predicted octanol–water partition coefficient (Wildman–Crippen LogP) is 1.23. The second-order valence-corrected chi connectivity index (χ2v) is 6.14. The molecule has 1 heterocycles. The fourth-order valence-electron chi connectivity index (χ4n) is 2.60. The highest BCUT2D eigenvalue weighted by Crippen LogP contribution is 2.41. The summed E-state index contributed by atoms with van der Waals surface area (Å²) in [7, 11) is 0. The molecule has 1 rings (SSSR count). The molecule has 0 aromatic heterocycles. The lowest BCUT2D eigenvalue weighted by Gasteiger charge is -2.45. The summed E-state index contributed by atoms with van der Waals surface area (Å²) in [5, 5.41) is 28.9. The second kappa shape index (κ2) is 9.61. The van der Waals surface area contributed by atoms with Gasteiger partial charge in [0.1, 0.15) is 18.8 Å². The van der Waals surface area contributed by atoms with Crippen molar-refractivity contribution >= 4 is 24.3 Å². The number of hydrogen-bond acceptors (Lipinski definition) is 6. The SMILES string of the molecule is CCCC(=O)OC[C@@H](O)[C@@H](O)C1OC(F)(C(=O)O)C(F)C(C)C1C.Cl. The number of rotatable bonds is 7. The number of ether oxygens (including phenoxy) is 2. The number of carboxylic acids is 1. The Labute approximate surface area is 150 Å². The van der Waals surface area contributed by atoms with E-state index in [9.17, 15) is 28.6 Å². The minimum Gasteiger partial charge on any atom is -0.477 e. The molecule has 0 bridgehead atoms. The van der Waals surface area contributed by atoms with E-state index in [1.807, 2.05) is 0 Å². The molecular weight excluding hydrogens is 366 g/mol. The maximum absolute atomic E-state index is 14.3. The van der Waals surface area contributed by atoms with Crippen LogP contribution >= 0.6 is 12.4 Å². The highest BCUT2D eigenvalue weighted by molar-refractivity contribution is 5.85. The molecule has 0 amide bonds. The molecule has 7 nitrogen and oxygen atoms in total. The Bertz CT molecular complexity index is 467. The number of carbonyl (C=O) groups excluding carboxylic acids is 1. The van der Waals surface area contributed by atoms with E-state index in [2.05, 4.69) is 4.74 Å². The van der Waals surface area contributed by atoms with Crippen molar-refractivity contribution in [3.05, 3.63) is 0 Å². The third-order valence-corrected chi connectivity index (χ3v) is 4.36. The normalized spacial score (nSPS) is 34.5. The summed E-state index contributed by atoms with van der Waals surface area (Å²) in [5.74, 6) is -8.19. The largest absolute Gasteiger partial charge is 0.477 e. The Morgan fingerprint density at radius 1 is 1.28 bits per heavy atom. The molecule has 1 aliphatic heterocycles. The zero-order valence-electron chi connectivity index (χ0n) is 14.2. The summed E-state index contributed by atoms with van der Waals surface area (Å²) in [5.41, 5.74) is 0. The number of hydrogen-bond donors (Lipinski definition) is 3. The van der Waals surface area contributed by atoms with Gasteiger partial charge < -0.3 is 24.8 Å². The molecule has 10 heteroatoms. The Kier molecular flexibility index (Phi) is 9.21. The lowest BCUT2D eigenvalue weighted by atomic mass is 9.78. The van der Waals surface area contributed by atoms with Crippen molar-refractivity contribution in [2.45, 2.75) is 64.0 Å². The Hall–Kier alpha value is -1.03. The van der Waals surface area contributed by atoms with E-state index in [1.165, 1.54) is 13.8 Å². The zero-order valence-corrected chi connectivity index (χ0v) is 15.0. The molecule has 0 spiro atoms. The van der Waals surface area contributed by atoms with E-state index in [-0.39, 0.29) is 18.8 Å². The number of carbonyl (C=O) groups is 2. The van der Waals surface area contributed by atoms with E-state index in [4.69, 9.17) is 9.84 Å². The van der Waals surface area contributed by atoms with Gasteiger partial charge in [0, 0.05) is 6.42 Å². The molecule has 148 valence electrons. The monoisotopic (exact) mass is 390 g/mol. The van der Waals surface area contributed by atoms with Gasteiger partial charge in [-0.1, -0.05) is 20.8 Å². The number of esters is 1. The van der Waals surface area contributed by atoms with Gasteiger partial charge in [-0.15, -0.1) is 12.4 Å². The summed E-state index contributed by atoms with van der Waals surface area (Å²) < 4.78 is 37.8. The fraction of sp³-hybridized carbons (Fsp3) is 0.867. The molecule has 0 saturated carbocycles. The van der Waals surface area contributed by atoms with E-state index in [0.29, 0.717) is 6.42 Å². The first-order chi connectivity index (χ1) is 11.1. The molecule has 0 radical (unpaired) electrons. The molecule has 1 fully saturated rings. The lowest BCUT2D eigenvalue weighted by Crippen LogP contribution is -2.62. The molecule has 0 aliphatic carbocycles. The average Bonchev–Trinajstić information content (AvgIpc) is 2.53. The highest BCUT2D eigenvalue weighted by Gasteiger charge is 2.60. The highest BCUT2D eigenvalue weighted by atomic mass is 35.5. The summed E-state index contributed by atoms with van der Waals surface area (Å²) in [4.78, 5) is 22.3. The van der Waals surface area contributed by atoms with Crippen molar-refractivity contribution in [1.82, 2.24) is 0 Å². The van der Waals surface area contributed by atoms with Crippen molar-refractivity contribution in [1.29, 1.82) is 0 Å². The topological polar surface area (TPSA) is 113 Å². The molecule has 1 aliphatic rings. The van der Waals surface area contributed by atoms with Crippen molar-refractivity contribution in [3.8, 4) is 0 Å². The quantitative estimate of drug-likeness (QED) is 0.560. The Balaban J connectivity index is 0.00000576. The van der Waals surface area contributed by atoms with Gasteiger partial charge in [-0.25, -0.2) is 9.18 Å². The minimum atomic E-state index is -3.61. The van der Waals surface area contributed by atoms with Crippen molar-refractivity contribution in [2.75, 3.05) is 6.61 Å². The molecule has 5 unspecified atom stereocenters. The Morgan fingerprint density at radius 3 is 2.32 bits per heavy atom. The van der Waals surface area contributed by atoms with Gasteiger partial charge in [0.15, 0.2) is 6.17 Å². The first-order valence-electron chi connectivity index (χ1n) is 7.82. The van der Waals surface area contributed by atoms with Gasteiger partial charge in [-0.3, -0.25) is 4.79 Å². The summed E-state index contributed by atoms with van der Waals surface area (Å²) in [6.45, 7) is 3.93. The zero-order chi connectivity index (χ0) is 18.7. The third-order valence-electron chi connectivity index (χ3n) is 4.36. The number of aliphatic hydroxyl groups is 2.